The van der Waals surface area contributed by atoms with Crippen LogP contribution in [0.15, 0.2) is 34.9 Å². The molecular weight excluding hydrogens is 228 g/mol. The maximum Gasteiger partial charge on any atom is 0.228 e. The lowest BCUT2D eigenvalue weighted by Crippen LogP contribution is -2.12. The third kappa shape index (κ3) is 1.71. The Labute approximate surface area is 105 Å². The van der Waals surface area contributed by atoms with Gasteiger partial charge in [-0.2, -0.15) is 0 Å². The summed E-state index contributed by atoms with van der Waals surface area (Å²) >= 11 is 0. The van der Waals surface area contributed by atoms with Crippen LogP contribution in [0.25, 0.3) is 0 Å². The molecule has 0 spiro atoms. The van der Waals surface area contributed by atoms with Crippen LogP contribution < -0.4 is 11.1 Å². The first kappa shape index (κ1) is 11.0. The number of nitrogens with one attached hydrogen (secondary N) is 1. The summed E-state index contributed by atoms with van der Waals surface area (Å²) in [6.07, 6.45) is 2.07. The van der Waals surface area contributed by atoms with Gasteiger partial charge in [0.1, 0.15) is 5.76 Å². The van der Waals surface area contributed by atoms with E-state index in [0.717, 1.165) is 28.1 Å². The number of benzene rings is 1. The minimum atomic E-state index is -0.291. The minimum absolute atomic E-state index is 0.0323. The molecular formula is C14H14N2O2. The van der Waals surface area contributed by atoms with Gasteiger partial charge in [0.25, 0.3) is 0 Å². The first-order valence-electron chi connectivity index (χ1n) is 5.87. The van der Waals surface area contributed by atoms with Crippen LogP contribution in [-0.2, 0) is 11.2 Å². The molecule has 4 nitrogen and oxygen atoms in total. The van der Waals surface area contributed by atoms with Crippen molar-refractivity contribution in [2.75, 3.05) is 5.32 Å². The van der Waals surface area contributed by atoms with Crippen LogP contribution in [0.4, 0.5) is 5.69 Å². The highest BCUT2D eigenvalue weighted by Crippen LogP contribution is 2.29. The lowest BCUT2D eigenvalue weighted by Gasteiger charge is -2.11. The van der Waals surface area contributed by atoms with Gasteiger partial charge in [0.05, 0.1) is 18.7 Å². The van der Waals surface area contributed by atoms with Crippen molar-refractivity contribution < 1.29 is 9.21 Å². The molecule has 3 rings (SSSR count). The number of hydrogen-bond donors (Lipinski definition) is 2. The first-order chi connectivity index (χ1) is 8.65. The summed E-state index contributed by atoms with van der Waals surface area (Å²) in [6, 6.07) is 7.40. The maximum absolute atomic E-state index is 11.3. The summed E-state index contributed by atoms with van der Waals surface area (Å²) in [7, 11) is 0. The Bertz CT molecular complexity index is 616. The van der Waals surface area contributed by atoms with Crippen LogP contribution in [-0.4, -0.2) is 5.91 Å². The second kappa shape index (κ2) is 3.99. The van der Waals surface area contributed by atoms with Crippen LogP contribution >= 0.6 is 0 Å². The fraction of sp³-hybridized carbons (Fsp3) is 0.214. The topological polar surface area (TPSA) is 68.3 Å². The van der Waals surface area contributed by atoms with E-state index in [4.69, 9.17) is 10.2 Å². The molecule has 2 heterocycles. The van der Waals surface area contributed by atoms with E-state index in [-0.39, 0.29) is 11.9 Å². The highest BCUT2D eigenvalue weighted by Gasteiger charge is 2.21. The van der Waals surface area contributed by atoms with Crippen molar-refractivity contribution in [1.82, 2.24) is 0 Å². The van der Waals surface area contributed by atoms with E-state index in [0.29, 0.717) is 6.42 Å². The summed E-state index contributed by atoms with van der Waals surface area (Å²) in [5.74, 6) is 0.803. The van der Waals surface area contributed by atoms with Gasteiger partial charge in [-0.15, -0.1) is 0 Å². The number of furan rings is 1. The van der Waals surface area contributed by atoms with E-state index >= 15 is 0 Å². The maximum atomic E-state index is 11.3. The molecule has 0 saturated heterocycles. The lowest BCUT2D eigenvalue weighted by atomic mass is 10.00. The minimum Gasteiger partial charge on any atom is -0.467 e. The highest BCUT2D eigenvalue weighted by atomic mass is 16.3. The SMILES string of the molecule is Cc1ccoc1C(N)c1ccc2c(c1)CC(=O)N2. The summed E-state index contributed by atoms with van der Waals surface area (Å²) in [5.41, 5.74) is 10.1. The molecule has 1 amide bonds. The molecule has 1 aliphatic heterocycles. The monoisotopic (exact) mass is 242 g/mol. The molecule has 1 aromatic carbocycles. The van der Waals surface area contributed by atoms with Crippen molar-refractivity contribution in [3.8, 4) is 0 Å². The van der Waals surface area contributed by atoms with Crippen molar-refractivity contribution in [2.45, 2.75) is 19.4 Å². The van der Waals surface area contributed by atoms with Gasteiger partial charge >= 0.3 is 0 Å². The molecule has 1 unspecified atom stereocenters. The predicted octanol–water partition coefficient (Wildman–Crippen LogP) is 2.13. The summed E-state index contributed by atoms with van der Waals surface area (Å²) in [4.78, 5) is 11.3. The number of amides is 1. The molecule has 0 bridgehead atoms. The Hall–Kier alpha value is -2.07. The van der Waals surface area contributed by atoms with Gasteiger partial charge < -0.3 is 15.5 Å². The van der Waals surface area contributed by atoms with Crippen molar-refractivity contribution in [3.63, 3.8) is 0 Å². The Kier molecular flexibility index (Phi) is 2.45. The Balaban J connectivity index is 1.97. The summed E-state index contributed by atoms with van der Waals surface area (Å²) < 4.78 is 5.41. The van der Waals surface area contributed by atoms with Gasteiger partial charge in [0, 0.05) is 5.69 Å². The van der Waals surface area contributed by atoms with Gasteiger partial charge in [-0.3, -0.25) is 4.79 Å². The molecule has 18 heavy (non-hydrogen) atoms. The third-order valence-corrected chi connectivity index (χ3v) is 3.30. The van der Waals surface area contributed by atoms with Gasteiger partial charge in [0.2, 0.25) is 5.91 Å². The zero-order valence-corrected chi connectivity index (χ0v) is 10.1. The van der Waals surface area contributed by atoms with Crippen molar-refractivity contribution >= 4 is 11.6 Å². The normalized spacial score (nSPS) is 15.3. The van der Waals surface area contributed by atoms with Crippen molar-refractivity contribution in [2.24, 2.45) is 5.73 Å². The van der Waals surface area contributed by atoms with E-state index in [1.54, 1.807) is 6.26 Å². The molecule has 0 saturated carbocycles. The molecule has 4 heteroatoms. The molecule has 2 aromatic rings. The second-order valence-electron chi connectivity index (χ2n) is 4.59. The number of anilines is 1. The standard InChI is InChI=1S/C14H14N2O2/c1-8-4-5-18-14(8)13(15)9-2-3-11-10(6-9)7-12(17)16-11/h2-6,13H,7,15H2,1H3,(H,16,17). The molecule has 92 valence electrons. The van der Waals surface area contributed by atoms with Gasteiger partial charge in [-0.05, 0) is 35.7 Å². The largest absolute Gasteiger partial charge is 0.467 e. The van der Waals surface area contributed by atoms with E-state index in [9.17, 15) is 4.79 Å². The van der Waals surface area contributed by atoms with Crippen molar-refractivity contribution in [3.05, 3.63) is 53.0 Å². The quantitative estimate of drug-likeness (QED) is 0.847. The Morgan fingerprint density at radius 2 is 2.22 bits per heavy atom. The van der Waals surface area contributed by atoms with Crippen LogP contribution in [0, 0.1) is 6.92 Å². The molecule has 1 aliphatic rings. The molecule has 0 radical (unpaired) electrons. The number of fused-ring (bicyclic) bond motifs is 1. The number of aryl methyl sites for hydroxylation is 1. The number of carbonyl (C=O) groups is 1. The van der Waals surface area contributed by atoms with Gasteiger partial charge in [0.15, 0.2) is 0 Å². The second-order valence-corrected chi connectivity index (χ2v) is 4.59. The number of hydrogen-bond acceptors (Lipinski definition) is 3. The van der Waals surface area contributed by atoms with Crippen LogP contribution in [0.2, 0.25) is 0 Å². The number of carbonyl (C=O) groups excluding carboxylic acids is 1. The first-order valence-corrected chi connectivity index (χ1v) is 5.87. The smallest absolute Gasteiger partial charge is 0.228 e. The average Bonchev–Trinajstić information content (AvgIpc) is 2.91. The molecule has 1 atom stereocenters. The Morgan fingerprint density at radius 3 is 2.94 bits per heavy atom. The van der Waals surface area contributed by atoms with Gasteiger partial charge in [-0.1, -0.05) is 12.1 Å². The van der Waals surface area contributed by atoms with Crippen LogP contribution in [0.1, 0.15) is 28.5 Å². The molecule has 1 aromatic heterocycles. The van der Waals surface area contributed by atoms with E-state index in [1.165, 1.54) is 0 Å². The Morgan fingerprint density at radius 1 is 1.39 bits per heavy atom. The fourth-order valence-electron chi connectivity index (χ4n) is 2.30. The summed E-state index contributed by atoms with van der Waals surface area (Å²) in [6.45, 7) is 1.97. The molecule has 0 aliphatic carbocycles. The van der Waals surface area contributed by atoms with E-state index < -0.39 is 0 Å². The summed E-state index contributed by atoms with van der Waals surface area (Å²) in [5, 5.41) is 2.81. The number of nitrogens with two attached hydrogens (primary N) is 1. The van der Waals surface area contributed by atoms with E-state index in [2.05, 4.69) is 5.32 Å². The lowest BCUT2D eigenvalue weighted by molar-refractivity contribution is -0.115. The van der Waals surface area contributed by atoms with Gasteiger partial charge in [-0.25, -0.2) is 0 Å². The van der Waals surface area contributed by atoms with Crippen molar-refractivity contribution in [1.29, 1.82) is 0 Å². The third-order valence-electron chi connectivity index (χ3n) is 3.30. The van der Waals surface area contributed by atoms with E-state index in [1.807, 2.05) is 31.2 Å². The zero-order valence-electron chi connectivity index (χ0n) is 10.1. The average molecular weight is 242 g/mol. The molecule has 0 fully saturated rings. The fourth-order valence-corrected chi connectivity index (χ4v) is 2.30. The predicted molar refractivity (Wildman–Crippen MR) is 68.3 cm³/mol. The number of rotatable bonds is 2. The zero-order chi connectivity index (χ0) is 12.7. The molecule has 3 N–H and O–H groups in total. The van der Waals surface area contributed by atoms with Crippen LogP contribution in [0.5, 0.6) is 0 Å². The highest BCUT2D eigenvalue weighted by molar-refractivity contribution is 5.99. The van der Waals surface area contributed by atoms with Crippen LogP contribution in [0.3, 0.4) is 0 Å².